The summed E-state index contributed by atoms with van der Waals surface area (Å²) < 4.78 is 10.9. The highest BCUT2D eigenvalue weighted by Crippen LogP contribution is 2.27. The third-order valence-electron chi connectivity index (χ3n) is 3.91. The number of methoxy groups -OCH3 is 1. The number of hydrogen-bond acceptors (Lipinski definition) is 5. The predicted octanol–water partition coefficient (Wildman–Crippen LogP) is 4.09. The Hall–Kier alpha value is -3.02. The summed E-state index contributed by atoms with van der Waals surface area (Å²) in [6, 6.07) is 11.2. The van der Waals surface area contributed by atoms with Crippen LogP contribution in [-0.4, -0.2) is 32.4 Å². The monoisotopic (exact) mass is 370 g/mol. The smallest absolute Gasteiger partial charge is 0.265 e. The molecule has 6 heteroatoms. The zero-order chi connectivity index (χ0) is 19.6. The predicted molar refractivity (Wildman–Crippen MR) is 107 cm³/mol. The average Bonchev–Trinajstić information content (AvgIpc) is 2.66. The summed E-state index contributed by atoms with van der Waals surface area (Å²) in [6.45, 7) is 6.52. The maximum absolute atomic E-state index is 11.9. The molecule has 0 saturated carbocycles. The number of hydrogen-bond donors (Lipinski definition) is 1. The van der Waals surface area contributed by atoms with Crippen molar-refractivity contribution in [2.75, 3.05) is 25.6 Å². The summed E-state index contributed by atoms with van der Waals surface area (Å²) >= 11 is 0. The zero-order valence-electron chi connectivity index (χ0n) is 16.2. The standard InChI is InChI=1S/C21H26N2O4/c1-5-10-26-19-9-7-17(12-20(19)25-4)13-22-27-14-21(24)23-18-8-6-15(2)16(3)11-18/h6-9,11-13H,5,10,14H2,1-4H3,(H,23,24)/b22-13-. The zero-order valence-corrected chi connectivity index (χ0v) is 16.2. The van der Waals surface area contributed by atoms with Crippen molar-refractivity contribution in [3.8, 4) is 11.5 Å². The van der Waals surface area contributed by atoms with Crippen molar-refractivity contribution in [1.29, 1.82) is 0 Å². The van der Waals surface area contributed by atoms with E-state index in [4.69, 9.17) is 14.3 Å². The van der Waals surface area contributed by atoms with E-state index in [0.717, 1.165) is 23.2 Å². The topological polar surface area (TPSA) is 69.2 Å². The van der Waals surface area contributed by atoms with Gasteiger partial charge in [0.15, 0.2) is 18.1 Å². The minimum atomic E-state index is -0.267. The second kappa shape index (κ2) is 10.2. The first-order valence-electron chi connectivity index (χ1n) is 8.86. The lowest BCUT2D eigenvalue weighted by Crippen LogP contribution is -2.17. The van der Waals surface area contributed by atoms with Gasteiger partial charge in [-0.25, -0.2) is 0 Å². The fraction of sp³-hybridized carbons (Fsp3) is 0.333. The van der Waals surface area contributed by atoms with Gasteiger partial charge in [-0.3, -0.25) is 4.79 Å². The first kappa shape index (κ1) is 20.3. The molecule has 0 aliphatic carbocycles. The Kier molecular flexibility index (Phi) is 7.67. The SMILES string of the molecule is CCCOc1ccc(/C=N\OCC(=O)Nc2ccc(C)c(C)c2)cc1OC. The molecule has 0 heterocycles. The van der Waals surface area contributed by atoms with Crippen LogP contribution in [0.1, 0.15) is 30.0 Å². The van der Waals surface area contributed by atoms with Gasteiger partial charge in [0, 0.05) is 11.3 Å². The molecule has 0 aliphatic heterocycles. The Bertz CT molecular complexity index is 803. The highest BCUT2D eigenvalue weighted by atomic mass is 16.6. The third-order valence-corrected chi connectivity index (χ3v) is 3.91. The maximum atomic E-state index is 11.9. The number of carbonyl (C=O) groups is 1. The molecule has 0 aliphatic rings. The lowest BCUT2D eigenvalue weighted by molar-refractivity contribution is -0.120. The molecule has 0 atom stereocenters. The Morgan fingerprint density at radius 2 is 1.93 bits per heavy atom. The van der Waals surface area contributed by atoms with Crippen molar-refractivity contribution < 1.29 is 19.1 Å². The van der Waals surface area contributed by atoms with Crippen LogP contribution in [0.15, 0.2) is 41.6 Å². The van der Waals surface area contributed by atoms with Crippen LogP contribution in [0, 0.1) is 13.8 Å². The Labute approximate surface area is 160 Å². The number of rotatable bonds is 9. The quantitative estimate of drug-likeness (QED) is 0.533. The van der Waals surface area contributed by atoms with Crippen LogP contribution < -0.4 is 14.8 Å². The second-order valence-corrected chi connectivity index (χ2v) is 6.11. The molecule has 2 rings (SSSR count). The number of anilines is 1. The molecule has 1 N–H and O–H groups in total. The van der Waals surface area contributed by atoms with Crippen LogP contribution in [0.5, 0.6) is 11.5 Å². The number of benzene rings is 2. The van der Waals surface area contributed by atoms with E-state index in [2.05, 4.69) is 10.5 Å². The summed E-state index contributed by atoms with van der Waals surface area (Å²) in [5.74, 6) is 1.04. The Balaban J connectivity index is 1.85. The van der Waals surface area contributed by atoms with Gasteiger partial charge in [-0.05, 0) is 61.7 Å². The molecular formula is C21H26N2O4. The number of nitrogens with zero attached hydrogens (tertiary/aromatic N) is 1. The van der Waals surface area contributed by atoms with Gasteiger partial charge in [0.1, 0.15) is 0 Å². The van der Waals surface area contributed by atoms with Crippen molar-refractivity contribution in [3.63, 3.8) is 0 Å². The minimum absolute atomic E-state index is 0.168. The van der Waals surface area contributed by atoms with E-state index in [1.807, 2.05) is 51.1 Å². The lowest BCUT2D eigenvalue weighted by atomic mass is 10.1. The maximum Gasteiger partial charge on any atom is 0.265 e. The van der Waals surface area contributed by atoms with Crippen molar-refractivity contribution in [3.05, 3.63) is 53.1 Å². The van der Waals surface area contributed by atoms with E-state index in [1.54, 1.807) is 13.2 Å². The molecule has 0 spiro atoms. The molecular weight excluding hydrogens is 344 g/mol. The molecule has 27 heavy (non-hydrogen) atoms. The van der Waals surface area contributed by atoms with E-state index in [-0.39, 0.29) is 12.5 Å². The lowest BCUT2D eigenvalue weighted by Gasteiger charge is -2.10. The number of oxime groups is 1. The molecule has 144 valence electrons. The average molecular weight is 370 g/mol. The van der Waals surface area contributed by atoms with Gasteiger partial charge < -0.3 is 19.6 Å². The van der Waals surface area contributed by atoms with E-state index in [1.165, 1.54) is 11.8 Å². The summed E-state index contributed by atoms with van der Waals surface area (Å²) in [7, 11) is 1.59. The van der Waals surface area contributed by atoms with Gasteiger partial charge in [-0.2, -0.15) is 0 Å². The van der Waals surface area contributed by atoms with Gasteiger partial charge in [-0.1, -0.05) is 18.1 Å². The van der Waals surface area contributed by atoms with Crippen molar-refractivity contribution in [2.24, 2.45) is 5.16 Å². The minimum Gasteiger partial charge on any atom is -0.493 e. The summed E-state index contributed by atoms with van der Waals surface area (Å²) in [6.07, 6.45) is 2.44. The highest BCUT2D eigenvalue weighted by molar-refractivity contribution is 5.91. The summed E-state index contributed by atoms with van der Waals surface area (Å²) in [4.78, 5) is 17.0. The Morgan fingerprint density at radius 1 is 1.11 bits per heavy atom. The fourth-order valence-corrected chi connectivity index (χ4v) is 2.31. The van der Waals surface area contributed by atoms with Crippen LogP contribution in [0.25, 0.3) is 0 Å². The first-order valence-corrected chi connectivity index (χ1v) is 8.86. The molecule has 0 aromatic heterocycles. The van der Waals surface area contributed by atoms with Gasteiger partial charge in [0.2, 0.25) is 0 Å². The molecule has 0 bridgehead atoms. The van der Waals surface area contributed by atoms with Crippen molar-refractivity contribution in [1.82, 2.24) is 0 Å². The van der Waals surface area contributed by atoms with Crippen LogP contribution in [0.3, 0.4) is 0 Å². The molecule has 0 saturated heterocycles. The molecule has 0 unspecified atom stereocenters. The molecule has 6 nitrogen and oxygen atoms in total. The largest absolute Gasteiger partial charge is 0.493 e. The molecule has 2 aromatic rings. The number of carbonyl (C=O) groups excluding carboxylic acids is 1. The molecule has 1 amide bonds. The molecule has 2 aromatic carbocycles. The van der Waals surface area contributed by atoms with Gasteiger partial charge in [0.05, 0.1) is 19.9 Å². The number of ether oxygens (including phenoxy) is 2. The third kappa shape index (κ3) is 6.33. The number of aryl methyl sites for hydroxylation is 2. The van der Waals surface area contributed by atoms with Crippen LogP contribution in [0.2, 0.25) is 0 Å². The summed E-state index contributed by atoms with van der Waals surface area (Å²) in [5, 5.41) is 6.62. The molecule has 0 radical (unpaired) electrons. The summed E-state index contributed by atoms with van der Waals surface area (Å²) in [5.41, 5.74) is 3.82. The van der Waals surface area contributed by atoms with Gasteiger partial charge in [0.25, 0.3) is 5.91 Å². The number of nitrogens with one attached hydrogen (secondary N) is 1. The fourth-order valence-electron chi connectivity index (χ4n) is 2.31. The van der Waals surface area contributed by atoms with Crippen molar-refractivity contribution >= 4 is 17.8 Å². The van der Waals surface area contributed by atoms with E-state index in [9.17, 15) is 4.79 Å². The van der Waals surface area contributed by atoms with Crippen LogP contribution in [0.4, 0.5) is 5.69 Å². The highest BCUT2D eigenvalue weighted by Gasteiger charge is 2.06. The Morgan fingerprint density at radius 3 is 2.63 bits per heavy atom. The van der Waals surface area contributed by atoms with Crippen molar-refractivity contribution in [2.45, 2.75) is 27.2 Å². The molecule has 0 fully saturated rings. The van der Waals surface area contributed by atoms with E-state index < -0.39 is 0 Å². The van der Waals surface area contributed by atoms with E-state index in [0.29, 0.717) is 18.1 Å². The van der Waals surface area contributed by atoms with E-state index >= 15 is 0 Å². The van der Waals surface area contributed by atoms with Gasteiger partial charge in [-0.15, -0.1) is 0 Å². The van der Waals surface area contributed by atoms with Crippen LogP contribution >= 0.6 is 0 Å². The first-order chi connectivity index (χ1) is 13.0. The number of amides is 1. The van der Waals surface area contributed by atoms with Crippen LogP contribution in [-0.2, 0) is 9.63 Å². The second-order valence-electron chi connectivity index (χ2n) is 6.11. The normalized spacial score (nSPS) is 10.7. The van der Waals surface area contributed by atoms with Gasteiger partial charge >= 0.3 is 0 Å².